The predicted octanol–water partition coefficient (Wildman–Crippen LogP) is 2.34. The Balaban J connectivity index is 1.79. The lowest BCUT2D eigenvalue weighted by Gasteiger charge is -2.25. The first-order chi connectivity index (χ1) is 13.4. The Morgan fingerprint density at radius 2 is 1.82 bits per heavy atom. The Bertz CT molecular complexity index is 1190. The number of sulfonamides is 1. The van der Waals surface area contributed by atoms with Gasteiger partial charge < -0.3 is 0 Å². The predicted molar refractivity (Wildman–Crippen MR) is 107 cm³/mol. The Hall–Kier alpha value is -2.45. The van der Waals surface area contributed by atoms with Crippen molar-refractivity contribution < 1.29 is 8.42 Å². The highest BCUT2D eigenvalue weighted by Crippen LogP contribution is 2.23. The van der Waals surface area contributed by atoms with Crippen LogP contribution in [0.4, 0.5) is 0 Å². The van der Waals surface area contributed by atoms with E-state index in [-0.39, 0.29) is 16.2 Å². The maximum atomic E-state index is 13.1. The third-order valence-electron chi connectivity index (χ3n) is 5.32. The number of hydrogen-bond acceptors (Lipinski definition) is 4. The first-order valence-electron chi connectivity index (χ1n) is 9.52. The topological polar surface area (TPSA) is 76.7 Å². The maximum absolute atomic E-state index is 13.1. The van der Waals surface area contributed by atoms with Crippen LogP contribution in [0.15, 0.2) is 46.2 Å². The largest absolute Gasteiger partial charge is 0.350 e. The molecular weight excluding hydrogens is 376 g/mol. The number of fused-ring (bicyclic) bond motifs is 1. The highest BCUT2D eigenvalue weighted by molar-refractivity contribution is 7.89. The standard InChI is InChI=1S/C20H24N4O3S/c1-15-8-9-17(16(2)13-15)14-24-20(25)23-12-6-7-18(19(23)21-24)28(26,27)22-10-4-3-5-11-22/h6-9,12-13H,3-5,10-11,14H2,1-2H3. The van der Waals surface area contributed by atoms with Crippen LogP contribution in [-0.4, -0.2) is 40.0 Å². The van der Waals surface area contributed by atoms with E-state index in [9.17, 15) is 13.2 Å². The summed E-state index contributed by atoms with van der Waals surface area (Å²) < 4.78 is 30.4. The summed E-state index contributed by atoms with van der Waals surface area (Å²) in [7, 11) is -3.68. The lowest BCUT2D eigenvalue weighted by molar-refractivity contribution is 0.347. The van der Waals surface area contributed by atoms with Gasteiger partial charge in [-0.1, -0.05) is 30.2 Å². The monoisotopic (exact) mass is 400 g/mol. The van der Waals surface area contributed by atoms with Crippen molar-refractivity contribution in [2.75, 3.05) is 13.1 Å². The SMILES string of the molecule is Cc1ccc(Cn2nc3c(S(=O)(=O)N4CCCCC4)cccn3c2=O)c(C)c1. The second-order valence-corrected chi connectivity index (χ2v) is 9.31. The van der Waals surface area contributed by atoms with E-state index in [4.69, 9.17) is 0 Å². The minimum absolute atomic E-state index is 0.0911. The van der Waals surface area contributed by atoms with Crippen LogP contribution in [0.1, 0.15) is 36.0 Å². The van der Waals surface area contributed by atoms with Crippen molar-refractivity contribution in [2.24, 2.45) is 0 Å². The quantitative estimate of drug-likeness (QED) is 0.674. The molecule has 0 spiro atoms. The summed E-state index contributed by atoms with van der Waals surface area (Å²) in [6.07, 6.45) is 4.32. The summed E-state index contributed by atoms with van der Waals surface area (Å²) in [5.41, 5.74) is 3.05. The molecule has 0 bridgehead atoms. The van der Waals surface area contributed by atoms with Gasteiger partial charge >= 0.3 is 5.69 Å². The fraction of sp³-hybridized carbons (Fsp3) is 0.400. The first kappa shape index (κ1) is 18.9. The van der Waals surface area contributed by atoms with Crippen molar-refractivity contribution in [3.05, 3.63) is 63.7 Å². The van der Waals surface area contributed by atoms with Crippen LogP contribution in [0.3, 0.4) is 0 Å². The van der Waals surface area contributed by atoms with Crippen molar-refractivity contribution >= 4 is 15.7 Å². The van der Waals surface area contributed by atoms with Crippen LogP contribution in [0.2, 0.25) is 0 Å². The van der Waals surface area contributed by atoms with Gasteiger partial charge in [0.15, 0.2) is 5.65 Å². The zero-order valence-electron chi connectivity index (χ0n) is 16.1. The highest BCUT2D eigenvalue weighted by Gasteiger charge is 2.29. The molecule has 0 saturated carbocycles. The van der Waals surface area contributed by atoms with Gasteiger partial charge in [-0.15, -0.1) is 5.10 Å². The van der Waals surface area contributed by atoms with Crippen LogP contribution in [-0.2, 0) is 16.6 Å². The second-order valence-electron chi connectivity index (χ2n) is 7.40. The minimum Gasteiger partial charge on any atom is -0.249 e. The van der Waals surface area contributed by atoms with E-state index in [0.717, 1.165) is 36.0 Å². The van der Waals surface area contributed by atoms with E-state index in [1.54, 1.807) is 12.3 Å². The molecule has 0 N–H and O–H groups in total. The average Bonchev–Trinajstić information content (AvgIpc) is 3.00. The molecule has 28 heavy (non-hydrogen) atoms. The maximum Gasteiger partial charge on any atom is 0.350 e. The molecule has 0 unspecified atom stereocenters. The van der Waals surface area contributed by atoms with Gasteiger partial charge in [0, 0.05) is 19.3 Å². The number of benzene rings is 1. The third-order valence-corrected chi connectivity index (χ3v) is 7.24. The van der Waals surface area contributed by atoms with Gasteiger partial charge in [0.05, 0.1) is 6.54 Å². The Kier molecular flexibility index (Phi) is 4.84. The van der Waals surface area contributed by atoms with Gasteiger partial charge in [-0.2, -0.15) is 4.31 Å². The van der Waals surface area contributed by atoms with Gasteiger partial charge in [-0.3, -0.25) is 0 Å². The van der Waals surface area contributed by atoms with Gasteiger partial charge in [0.25, 0.3) is 0 Å². The molecule has 0 aliphatic carbocycles. The van der Waals surface area contributed by atoms with E-state index in [1.165, 1.54) is 19.5 Å². The molecule has 0 amide bonds. The van der Waals surface area contributed by atoms with Crippen LogP contribution >= 0.6 is 0 Å². The molecule has 1 fully saturated rings. The van der Waals surface area contributed by atoms with E-state index in [2.05, 4.69) is 11.2 Å². The van der Waals surface area contributed by atoms with E-state index in [0.29, 0.717) is 19.6 Å². The molecule has 7 nitrogen and oxygen atoms in total. The number of nitrogens with zero attached hydrogens (tertiary/aromatic N) is 4. The van der Waals surface area contributed by atoms with Crippen LogP contribution in [0, 0.1) is 13.8 Å². The van der Waals surface area contributed by atoms with Gasteiger partial charge in [-0.25, -0.2) is 22.3 Å². The molecule has 3 aromatic rings. The molecular formula is C20H24N4O3S. The number of hydrogen-bond donors (Lipinski definition) is 0. The number of rotatable bonds is 4. The summed E-state index contributed by atoms with van der Waals surface area (Å²) in [6.45, 7) is 5.34. The third kappa shape index (κ3) is 3.27. The van der Waals surface area contributed by atoms with Gasteiger partial charge in [-0.05, 0) is 49.9 Å². The van der Waals surface area contributed by atoms with E-state index < -0.39 is 10.0 Å². The number of aryl methyl sites for hydroxylation is 2. The molecule has 3 heterocycles. The second kappa shape index (κ2) is 7.18. The fourth-order valence-electron chi connectivity index (χ4n) is 3.75. The van der Waals surface area contributed by atoms with Crippen LogP contribution in [0.5, 0.6) is 0 Å². The lowest BCUT2D eigenvalue weighted by Crippen LogP contribution is -2.35. The molecule has 1 aliphatic rings. The number of pyridine rings is 1. The van der Waals surface area contributed by atoms with Crippen molar-refractivity contribution in [1.29, 1.82) is 0 Å². The van der Waals surface area contributed by atoms with Crippen molar-refractivity contribution in [1.82, 2.24) is 18.5 Å². The highest BCUT2D eigenvalue weighted by atomic mass is 32.2. The molecule has 0 atom stereocenters. The first-order valence-corrected chi connectivity index (χ1v) is 11.0. The Morgan fingerprint density at radius 3 is 2.54 bits per heavy atom. The summed E-state index contributed by atoms with van der Waals surface area (Å²) >= 11 is 0. The molecule has 4 rings (SSSR count). The fourth-order valence-corrected chi connectivity index (χ4v) is 5.38. The summed E-state index contributed by atoms with van der Waals surface area (Å²) in [5.74, 6) is 0. The van der Waals surface area contributed by atoms with Crippen LogP contribution in [0.25, 0.3) is 5.65 Å². The molecule has 2 aromatic heterocycles. The van der Waals surface area contributed by atoms with Crippen molar-refractivity contribution in [2.45, 2.75) is 44.6 Å². The normalized spacial score (nSPS) is 15.9. The molecule has 1 saturated heterocycles. The Morgan fingerprint density at radius 1 is 1.07 bits per heavy atom. The summed E-state index contributed by atoms with van der Waals surface area (Å²) in [6, 6.07) is 9.16. The van der Waals surface area contributed by atoms with Crippen molar-refractivity contribution in [3.8, 4) is 0 Å². The zero-order chi connectivity index (χ0) is 19.9. The number of aromatic nitrogens is 3. The van der Waals surface area contributed by atoms with E-state index >= 15 is 0 Å². The number of piperidine rings is 1. The molecule has 148 valence electrons. The lowest BCUT2D eigenvalue weighted by atomic mass is 10.1. The molecule has 1 aliphatic heterocycles. The molecule has 1 aromatic carbocycles. The zero-order valence-corrected chi connectivity index (χ0v) is 16.9. The molecule has 8 heteroatoms. The summed E-state index contributed by atoms with van der Waals surface area (Å²) in [5, 5.41) is 4.39. The summed E-state index contributed by atoms with van der Waals surface area (Å²) in [4.78, 5) is 12.9. The van der Waals surface area contributed by atoms with Crippen LogP contribution < -0.4 is 5.69 Å². The van der Waals surface area contributed by atoms with Gasteiger partial charge in [0.2, 0.25) is 10.0 Å². The minimum atomic E-state index is -3.68. The smallest absolute Gasteiger partial charge is 0.249 e. The van der Waals surface area contributed by atoms with E-state index in [1.807, 2.05) is 26.0 Å². The van der Waals surface area contributed by atoms with Crippen molar-refractivity contribution in [3.63, 3.8) is 0 Å². The van der Waals surface area contributed by atoms with Gasteiger partial charge in [0.1, 0.15) is 4.90 Å². The Labute approximate surface area is 164 Å². The molecule has 0 radical (unpaired) electrons. The average molecular weight is 401 g/mol.